The predicted octanol–water partition coefficient (Wildman–Crippen LogP) is 1.23. The van der Waals surface area contributed by atoms with Gasteiger partial charge in [0.2, 0.25) is 0 Å². The van der Waals surface area contributed by atoms with Crippen molar-refractivity contribution in [1.29, 1.82) is 0 Å². The largest absolute Gasteiger partial charge is 0.586 e. The van der Waals surface area contributed by atoms with Crippen LogP contribution in [0.1, 0.15) is 0 Å². The van der Waals surface area contributed by atoms with Crippen LogP contribution in [0.25, 0.3) is 0 Å². The third-order valence-corrected chi connectivity index (χ3v) is 3.58. The Balaban J connectivity index is 2.25. The fraction of sp³-hybridized carbons (Fsp3) is 0.333. The summed E-state index contributed by atoms with van der Waals surface area (Å²) in [5, 5.41) is 0. The minimum absolute atomic E-state index is 0.101. The molecule has 0 atom stereocenters. The summed E-state index contributed by atoms with van der Waals surface area (Å²) in [6.07, 6.45) is -3.72. The van der Waals surface area contributed by atoms with Crippen LogP contribution in [-0.2, 0) is 10.2 Å². The molecule has 18 heavy (non-hydrogen) atoms. The Bertz CT molecular complexity index is 574. The maximum atomic E-state index is 12.7. The number of hydrogen-bond donors (Lipinski definition) is 1. The first-order valence-electron chi connectivity index (χ1n) is 4.80. The van der Waals surface area contributed by atoms with Crippen LogP contribution in [0, 0.1) is 0 Å². The zero-order valence-electron chi connectivity index (χ0n) is 9.48. The SMILES string of the molecule is CN(C)S(=O)(=O)Nc1ccc2c(c1)OC(F)(F)O2. The van der Waals surface area contributed by atoms with Gasteiger partial charge in [0.15, 0.2) is 11.5 Å². The summed E-state index contributed by atoms with van der Waals surface area (Å²) in [7, 11) is -1.02. The van der Waals surface area contributed by atoms with Gasteiger partial charge in [-0.1, -0.05) is 0 Å². The number of benzene rings is 1. The van der Waals surface area contributed by atoms with Crippen LogP contribution < -0.4 is 14.2 Å². The first-order chi connectivity index (χ1) is 8.20. The number of hydrogen-bond acceptors (Lipinski definition) is 4. The highest BCUT2D eigenvalue weighted by atomic mass is 32.2. The van der Waals surface area contributed by atoms with E-state index < -0.39 is 16.5 Å². The number of nitrogens with zero attached hydrogens (tertiary/aromatic N) is 1. The van der Waals surface area contributed by atoms with Crippen LogP contribution in [0.5, 0.6) is 11.5 Å². The molecule has 1 aliphatic heterocycles. The van der Waals surface area contributed by atoms with Gasteiger partial charge >= 0.3 is 16.5 Å². The second-order valence-electron chi connectivity index (χ2n) is 3.72. The van der Waals surface area contributed by atoms with E-state index in [0.717, 1.165) is 10.4 Å². The van der Waals surface area contributed by atoms with Crippen LogP contribution in [0.2, 0.25) is 0 Å². The van der Waals surface area contributed by atoms with E-state index in [2.05, 4.69) is 14.2 Å². The molecule has 0 saturated carbocycles. The molecule has 100 valence electrons. The fourth-order valence-electron chi connectivity index (χ4n) is 1.25. The molecule has 1 N–H and O–H groups in total. The van der Waals surface area contributed by atoms with E-state index in [9.17, 15) is 17.2 Å². The standard InChI is InChI=1S/C9H10F2N2O4S/c1-13(2)18(14,15)12-6-3-4-7-8(5-6)17-9(10,11)16-7/h3-5,12H,1-2H3. The Morgan fingerprint density at radius 2 is 1.83 bits per heavy atom. The molecule has 0 amide bonds. The van der Waals surface area contributed by atoms with Crippen molar-refractivity contribution < 1.29 is 26.7 Å². The Morgan fingerprint density at radius 1 is 1.22 bits per heavy atom. The Labute approximate surface area is 102 Å². The number of anilines is 1. The van der Waals surface area contributed by atoms with E-state index in [1.54, 1.807) is 0 Å². The average molecular weight is 280 g/mol. The van der Waals surface area contributed by atoms with Crippen molar-refractivity contribution in [2.75, 3.05) is 18.8 Å². The molecule has 1 aromatic rings. The van der Waals surface area contributed by atoms with Crippen LogP contribution in [-0.4, -0.2) is 33.1 Å². The van der Waals surface area contributed by atoms with Crippen molar-refractivity contribution in [2.24, 2.45) is 0 Å². The molecule has 0 spiro atoms. The molecule has 0 fully saturated rings. The van der Waals surface area contributed by atoms with E-state index in [1.165, 1.54) is 26.2 Å². The van der Waals surface area contributed by atoms with Gasteiger partial charge in [0, 0.05) is 20.2 Å². The number of ether oxygens (including phenoxy) is 2. The molecule has 0 saturated heterocycles. The number of nitrogens with one attached hydrogen (secondary N) is 1. The predicted molar refractivity (Wildman–Crippen MR) is 58.9 cm³/mol. The third kappa shape index (κ3) is 2.46. The van der Waals surface area contributed by atoms with E-state index >= 15 is 0 Å². The molecule has 1 aromatic carbocycles. The van der Waals surface area contributed by atoms with Crippen molar-refractivity contribution in [3.8, 4) is 11.5 Å². The van der Waals surface area contributed by atoms with E-state index in [1.807, 2.05) is 0 Å². The normalized spacial score (nSPS) is 16.9. The lowest BCUT2D eigenvalue weighted by atomic mass is 10.3. The molecule has 1 heterocycles. The summed E-state index contributed by atoms with van der Waals surface area (Å²) in [6.45, 7) is 0. The molecule has 0 bridgehead atoms. The van der Waals surface area contributed by atoms with Crippen LogP contribution >= 0.6 is 0 Å². The van der Waals surface area contributed by atoms with Crippen LogP contribution in [0.15, 0.2) is 18.2 Å². The molecule has 1 aliphatic rings. The summed E-state index contributed by atoms with van der Waals surface area (Å²) >= 11 is 0. The highest BCUT2D eigenvalue weighted by Crippen LogP contribution is 2.42. The van der Waals surface area contributed by atoms with Gasteiger partial charge in [-0.3, -0.25) is 4.72 Å². The quantitative estimate of drug-likeness (QED) is 0.904. The highest BCUT2D eigenvalue weighted by Gasteiger charge is 2.43. The van der Waals surface area contributed by atoms with Gasteiger partial charge in [-0.2, -0.15) is 12.7 Å². The van der Waals surface area contributed by atoms with Crippen molar-refractivity contribution in [2.45, 2.75) is 6.29 Å². The maximum Gasteiger partial charge on any atom is 0.586 e. The average Bonchev–Trinajstić information content (AvgIpc) is 2.50. The molecular weight excluding hydrogens is 270 g/mol. The molecule has 6 nitrogen and oxygen atoms in total. The lowest BCUT2D eigenvalue weighted by molar-refractivity contribution is -0.286. The summed E-state index contributed by atoms with van der Waals surface area (Å²) in [5.41, 5.74) is 0.101. The van der Waals surface area contributed by atoms with Gasteiger partial charge < -0.3 is 9.47 Å². The molecule has 0 unspecified atom stereocenters. The third-order valence-electron chi connectivity index (χ3n) is 2.13. The monoisotopic (exact) mass is 280 g/mol. The molecule has 0 radical (unpaired) electrons. The van der Waals surface area contributed by atoms with E-state index in [0.29, 0.717) is 0 Å². The lowest BCUT2D eigenvalue weighted by Crippen LogP contribution is -2.28. The first kappa shape index (κ1) is 12.8. The lowest BCUT2D eigenvalue weighted by Gasteiger charge is -2.13. The molecule has 0 aliphatic carbocycles. The highest BCUT2D eigenvalue weighted by molar-refractivity contribution is 7.90. The first-order valence-corrected chi connectivity index (χ1v) is 6.24. The molecule has 0 aromatic heterocycles. The van der Waals surface area contributed by atoms with Crippen molar-refractivity contribution in [3.05, 3.63) is 18.2 Å². The van der Waals surface area contributed by atoms with Gasteiger partial charge in [0.05, 0.1) is 5.69 Å². The van der Waals surface area contributed by atoms with Crippen molar-refractivity contribution >= 4 is 15.9 Å². The van der Waals surface area contributed by atoms with E-state index in [4.69, 9.17) is 0 Å². The number of alkyl halides is 2. The van der Waals surface area contributed by atoms with E-state index in [-0.39, 0.29) is 17.2 Å². The molecular formula is C9H10F2N2O4S. The molecule has 9 heteroatoms. The van der Waals surface area contributed by atoms with Gasteiger partial charge in [-0.05, 0) is 12.1 Å². The second kappa shape index (κ2) is 3.95. The van der Waals surface area contributed by atoms with Crippen LogP contribution in [0.4, 0.5) is 14.5 Å². The summed E-state index contributed by atoms with van der Waals surface area (Å²) in [4.78, 5) is 0. The summed E-state index contributed by atoms with van der Waals surface area (Å²) in [6, 6.07) is 3.62. The Morgan fingerprint density at radius 3 is 2.44 bits per heavy atom. The summed E-state index contributed by atoms with van der Waals surface area (Å²) in [5.74, 6) is -0.369. The Hall–Kier alpha value is -1.61. The second-order valence-corrected chi connectivity index (χ2v) is 5.60. The zero-order valence-corrected chi connectivity index (χ0v) is 10.3. The minimum atomic E-state index is -3.72. The number of fused-ring (bicyclic) bond motifs is 1. The smallest absolute Gasteiger partial charge is 0.395 e. The molecule has 2 rings (SSSR count). The van der Waals surface area contributed by atoms with Crippen molar-refractivity contribution in [1.82, 2.24) is 4.31 Å². The van der Waals surface area contributed by atoms with Gasteiger partial charge in [-0.15, -0.1) is 8.78 Å². The minimum Gasteiger partial charge on any atom is -0.395 e. The number of rotatable bonds is 3. The number of halogens is 2. The topological polar surface area (TPSA) is 67.9 Å². The van der Waals surface area contributed by atoms with Gasteiger partial charge in [0.25, 0.3) is 0 Å². The Kier molecular flexibility index (Phi) is 2.82. The summed E-state index contributed by atoms with van der Waals surface area (Å²) < 4.78 is 60.1. The van der Waals surface area contributed by atoms with Gasteiger partial charge in [-0.25, -0.2) is 0 Å². The fourth-order valence-corrected chi connectivity index (χ4v) is 1.86. The maximum absolute atomic E-state index is 12.7. The van der Waals surface area contributed by atoms with Crippen LogP contribution in [0.3, 0.4) is 0 Å². The van der Waals surface area contributed by atoms with Crippen molar-refractivity contribution in [3.63, 3.8) is 0 Å². The zero-order chi connectivity index (χ0) is 13.6. The van der Waals surface area contributed by atoms with Gasteiger partial charge in [0.1, 0.15) is 0 Å².